The third kappa shape index (κ3) is 3.45. The normalized spacial score (nSPS) is 10.3. The van der Waals surface area contributed by atoms with Crippen molar-refractivity contribution in [3.05, 3.63) is 38.6 Å². The van der Waals surface area contributed by atoms with Crippen molar-refractivity contribution in [2.24, 2.45) is 0 Å². The molecule has 0 spiro atoms. The molecule has 0 aliphatic heterocycles. The van der Waals surface area contributed by atoms with E-state index in [0.29, 0.717) is 0 Å². The van der Waals surface area contributed by atoms with Gasteiger partial charge in [0.2, 0.25) is 0 Å². The Bertz CT molecular complexity index is 371. The van der Waals surface area contributed by atoms with E-state index in [9.17, 15) is 10.1 Å². The highest BCUT2D eigenvalue weighted by molar-refractivity contribution is 7.12. The van der Waals surface area contributed by atoms with Crippen LogP contribution in [0.15, 0.2) is 18.7 Å². The van der Waals surface area contributed by atoms with Gasteiger partial charge in [-0.3, -0.25) is 10.1 Å². The van der Waals surface area contributed by atoms with E-state index >= 15 is 0 Å². The third-order valence-electron chi connectivity index (χ3n) is 2.39. The third-order valence-corrected chi connectivity index (χ3v) is 3.59. The van der Waals surface area contributed by atoms with Gasteiger partial charge in [0.05, 0.1) is 9.80 Å². The lowest BCUT2D eigenvalue weighted by Gasteiger charge is -1.96. The van der Waals surface area contributed by atoms with Gasteiger partial charge in [-0.2, -0.15) is 0 Å². The Labute approximate surface area is 100.0 Å². The van der Waals surface area contributed by atoms with Crippen molar-refractivity contribution in [2.45, 2.75) is 39.0 Å². The summed E-state index contributed by atoms with van der Waals surface area (Å²) in [6, 6.07) is 1.69. The van der Waals surface area contributed by atoms with Crippen molar-refractivity contribution in [2.75, 3.05) is 0 Å². The van der Waals surface area contributed by atoms with Crippen molar-refractivity contribution in [1.29, 1.82) is 0 Å². The van der Waals surface area contributed by atoms with Gasteiger partial charge in [0.1, 0.15) is 0 Å². The van der Waals surface area contributed by atoms with Gasteiger partial charge < -0.3 is 0 Å². The van der Waals surface area contributed by atoms with E-state index in [2.05, 4.69) is 13.5 Å². The van der Waals surface area contributed by atoms with Crippen LogP contribution in [0.5, 0.6) is 0 Å². The second kappa shape index (κ2) is 6.43. The minimum atomic E-state index is -0.273. The van der Waals surface area contributed by atoms with Crippen molar-refractivity contribution in [3.8, 4) is 0 Å². The van der Waals surface area contributed by atoms with Crippen molar-refractivity contribution in [3.63, 3.8) is 0 Å². The van der Waals surface area contributed by atoms with Gasteiger partial charge in [0.15, 0.2) is 0 Å². The molecule has 1 aromatic heterocycles. The van der Waals surface area contributed by atoms with Gasteiger partial charge in [-0.05, 0) is 19.3 Å². The lowest BCUT2D eigenvalue weighted by Crippen LogP contribution is -1.90. The number of hydrogen-bond donors (Lipinski definition) is 0. The number of nitro groups is 1. The summed E-state index contributed by atoms with van der Waals surface area (Å²) in [6.45, 7) is 5.78. The van der Waals surface area contributed by atoms with Gasteiger partial charge in [0, 0.05) is 10.9 Å². The van der Waals surface area contributed by atoms with E-state index < -0.39 is 0 Å². The molecule has 0 N–H and O–H groups in total. The topological polar surface area (TPSA) is 43.1 Å². The minimum Gasteiger partial charge on any atom is -0.258 e. The minimum absolute atomic E-state index is 0.273. The van der Waals surface area contributed by atoms with Gasteiger partial charge in [0.25, 0.3) is 5.69 Å². The van der Waals surface area contributed by atoms with Crippen LogP contribution in [-0.2, 0) is 12.8 Å². The molecule has 0 saturated carbocycles. The number of thiophene rings is 1. The molecule has 4 heteroatoms. The largest absolute Gasteiger partial charge is 0.283 e. The summed E-state index contributed by atoms with van der Waals surface area (Å²) in [5.74, 6) is 0. The van der Waals surface area contributed by atoms with Crippen LogP contribution >= 0.6 is 11.3 Å². The molecule has 0 aliphatic carbocycles. The molecule has 3 nitrogen and oxygen atoms in total. The predicted octanol–water partition coefficient (Wildman–Crippen LogP) is 4.12. The highest BCUT2D eigenvalue weighted by Crippen LogP contribution is 2.31. The van der Waals surface area contributed by atoms with Crippen molar-refractivity contribution < 1.29 is 4.92 Å². The van der Waals surface area contributed by atoms with Crippen LogP contribution in [0.3, 0.4) is 0 Å². The molecule has 1 rings (SSSR count). The van der Waals surface area contributed by atoms with Crippen LogP contribution in [-0.4, -0.2) is 4.92 Å². The first-order valence-electron chi connectivity index (χ1n) is 5.56. The molecule has 16 heavy (non-hydrogen) atoms. The number of nitrogens with zero attached hydrogens (tertiary/aromatic N) is 1. The van der Waals surface area contributed by atoms with Gasteiger partial charge in [-0.15, -0.1) is 17.9 Å². The zero-order valence-corrected chi connectivity index (χ0v) is 10.4. The van der Waals surface area contributed by atoms with E-state index in [1.807, 2.05) is 0 Å². The molecule has 1 heterocycles. The predicted molar refractivity (Wildman–Crippen MR) is 68.1 cm³/mol. The Balaban J connectivity index is 2.78. The summed E-state index contributed by atoms with van der Waals surface area (Å²) in [7, 11) is 0. The van der Waals surface area contributed by atoms with Crippen LogP contribution in [0, 0.1) is 10.1 Å². The SMILES string of the molecule is C=CCc1cc([N+](=O)[O-])c(CCCCC)s1. The standard InChI is InChI=1S/C12H17NO2S/c1-3-5-6-8-12-11(13(14)15)9-10(16-12)7-4-2/h4,9H,2-3,5-8H2,1H3. The number of hydrogen-bond acceptors (Lipinski definition) is 3. The smallest absolute Gasteiger partial charge is 0.258 e. The summed E-state index contributed by atoms with van der Waals surface area (Å²) in [6.07, 6.45) is 6.63. The Morgan fingerprint density at radius 2 is 2.31 bits per heavy atom. The fourth-order valence-corrected chi connectivity index (χ4v) is 2.76. The first kappa shape index (κ1) is 12.9. The van der Waals surface area contributed by atoms with Gasteiger partial charge in [-0.25, -0.2) is 0 Å². The first-order chi connectivity index (χ1) is 7.69. The zero-order chi connectivity index (χ0) is 12.0. The first-order valence-corrected chi connectivity index (χ1v) is 6.37. The van der Waals surface area contributed by atoms with Crippen LogP contribution < -0.4 is 0 Å². The lowest BCUT2D eigenvalue weighted by molar-refractivity contribution is -0.385. The molecular weight excluding hydrogens is 222 g/mol. The number of unbranched alkanes of at least 4 members (excludes halogenated alkanes) is 2. The number of aryl methyl sites for hydroxylation is 1. The molecule has 0 fully saturated rings. The van der Waals surface area contributed by atoms with Crippen molar-refractivity contribution in [1.82, 2.24) is 0 Å². The van der Waals surface area contributed by atoms with E-state index in [0.717, 1.165) is 41.9 Å². The average molecular weight is 239 g/mol. The molecule has 0 amide bonds. The molecule has 0 aliphatic rings. The zero-order valence-electron chi connectivity index (χ0n) is 9.57. The molecule has 0 unspecified atom stereocenters. The Kier molecular flexibility index (Phi) is 5.19. The average Bonchev–Trinajstić information content (AvgIpc) is 2.62. The highest BCUT2D eigenvalue weighted by Gasteiger charge is 2.17. The summed E-state index contributed by atoms with van der Waals surface area (Å²) < 4.78 is 0. The van der Waals surface area contributed by atoms with Crippen LogP contribution in [0.2, 0.25) is 0 Å². The van der Waals surface area contributed by atoms with E-state index in [1.54, 1.807) is 23.5 Å². The second-order valence-electron chi connectivity index (χ2n) is 3.73. The maximum atomic E-state index is 10.9. The molecule has 1 aromatic rings. The van der Waals surface area contributed by atoms with Gasteiger partial charge >= 0.3 is 0 Å². The Morgan fingerprint density at radius 1 is 1.56 bits per heavy atom. The second-order valence-corrected chi connectivity index (χ2v) is 4.95. The Hall–Kier alpha value is -1.16. The van der Waals surface area contributed by atoms with Gasteiger partial charge in [-0.1, -0.05) is 25.8 Å². The van der Waals surface area contributed by atoms with E-state index in [-0.39, 0.29) is 10.6 Å². The van der Waals surface area contributed by atoms with Crippen LogP contribution in [0.1, 0.15) is 35.9 Å². The molecular formula is C12H17NO2S. The fourth-order valence-electron chi connectivity index (χ4n) is 1.59. The molecule has 88 valence electrons. The quantitative estimate of drug-likeness (QED) is 0.311. The summed E-state index contributed by atoms with van der Waals surface area (Å²) in [5, 5.41) is 10.9. The lowest BCUT2D eigenvalue weighted by atomic mass is 10.1. The Morgan fingerprint density at radius 3 is 2.88 bits per heavy atom. The highest BCUT2D eigenvalue weighted by atomic mass is 32.1. The maximum absolute atomic E-state index is 10.9. The van der Waals surface area contributed by atoms with E-state index in [4.69, 9.17) is 0 Å². The molecule has 0 saturated heterocycles. The van der Waals surface area contributed by atoms with Crippen molar-refractivity contribution >= 4 is 17.0 Å². The summed E-state index contributed by atoms with van der Waals surface area (Å²) in [4.78, 5) is 12.5. The summed E-state index contributed by atoms with van der Waals surface area (Å²) in [5.41, 5.74) is 0.290. The maximum Gasteiger partial charge on any atom is 0.283 e. The molecule has 0 atom stereocenters. The van der Waals surface area contributed by atoms with Crippen LogP contribution in [0.25, 0.3) is 0 Å². The fraction of sp³-hybridized carbons (Fsp3) is 0.500. The molecule has 0 radical (unpaired) electrons. The molecule has 0 aromatic carbocycles. The molecule has 0 bridgehead atoms. The monoisotopic (exact) mass is 239 g/mol. The number of allylic oxidation sites excluding steroid dienone is 1. The number of rotatable bonds is 7. The van der Waals surface area contributed by atoms with Crippen LogP contribution in [0.4, 0.5) is 5.69 Å². The van der Waals surface area contributed by atoms with E-state index in [1.165, 1.54) is 0 Å². The summed E-state index contributed by atoms with van der Waals surface area (Å²) >= 11 is 1.55.